The maximum absolute atomic E-state index is 12.3. The van der Waals surface area contributed by atoms with Gasteiger partial charge in [0.05, 0.1) is 6.54 Å². The van der Waals surface area contributed by atoms with E-state index in [1.165, 1.54) is 5.56 Å². The normalized spacial score (nSPS) is 10.4. The van der Waals surface area contributed by atoms with Crippen LogP contribution in [0, 0.1) is 20.8 Å². The Bertz CT molecular complexity index is 946. The number of anilines is 2. The first-order valence-electron chi connectivity index (χ1n) is 10.0. The summed E-state index contributed by atoms with van der Waals surface area (Å²) in [7, 11) is 0. The first kappa shape index (κ1) is 21.2. The molecular formula is C25H28N2O3. The van der Waals surface area contributed by atoms with E-state index in [1.807, 2.05) is 68.4 Å². The SMILES string of the molecule is Cc1cc(C)c(NC(=O)CNc2ccc(OCCOc3ccccc3)cc2)c(C)c1. The van der Waals surface area contributed by atoms with Crippen molar-refractivity contribution in [1.82, 2.24) is 0 Å². The maximum Gasteiger partial charge on any atom is 0.243 e. The van der Waals surface area contributed by atoms with Crippen molar-refractivity contribution in [1.29, 1.82) is 0 Å². The second-order valence-electron chi connectivity index (χ2n) is 7.21. The van der Waals surface area contributed by atoms with E-state index in [9.17, 15) is 4.79 Å². The van der Waals surface area contributed by atoms with E-state index in [0.717, 1.165) is 34.0 Å². The van der Waals surface area contributed by atoms with Crippen LogP contribution in [0.25, 0.3) is 0 Å². The van der Waals surface area contributed by atoms with Crippen molar-refractivity contribution in [3.63, 3.8) is 0 Å². The third-order valence-corrected chi connectivity index (χ3v) is 4.61. The van der Waals surface area contributed by atoms with Gasteiger partial charge in [-0.3, -0.25) is 4.79 Å². The molecule has 0 heterocycles. The standard InChI is InChI=1S/C25H28N2O3/c1-18-15-19(2)25(20(3)16-18)27-24(28)17-26-21-9-11-23(12-10-21)30-14-13-29-22-7-5-4-6-8-22/h4-12,15-16,26H,13-14,17H2,1-3H3,(H,27,28). The van der Waals surface area contributed by atoms with Crippen LogP contribution in [0.1, 0.15) is 16.7 Å². The highest BCUT2D eigenvalue weighted by molar-refractivity contribution is 5.95. The number of hydrogen-bond acceptors (Lipinski definition) is 4. The van der Waals surface area contributed by atoms with Crippen LogP contribution in [0.3, 0.4) is 0 Å². The summed E-state index contributed by atoms with van der Waals surface area (Å²) in [6.45, 7) is 7.19. The van der Waals surface area contributed by atoms with Crippen LogP contribution in [0.15, 0.2) is 66.7 Å². The number of nitrogens with one attached hydrogen (secondary N) is 2. The summed E-state index contributed by atoms with van der Waals surface area (Å²) >= 11 is 0. The number of carbonyl (C=O) groups excluding carboxylic acids is 1. The van der Waals surface area contributed by atoms with Gasteiger partial charge in [0, 0.05) is 11.4 Å². The van der Waals surface area contributed by atoms with Crippen molar-refractivity contribution in [2.75, 3.05) is 30.4 Å². The summed E-state index contributed by atoms with van der Waals surface area (Å²) in [5, 5.41) is 6.13. The zero-order chi connectivity index (χ0) is 21.3. The number of hydrogen-bond donors (Lipinski definition) is 2. The molecule has 0 aliphatic carbocycles. The number of ether oxygens (including phenoxy) is 2. The Morgan fingerprint density at radius 2 is 1.37 bits per heavy atom. The number of benzene rings is 3. The molecule has 3 rings (SSSR count). The highest BCUT2D eigenvalue weighted by Gasteiger charge is 2.08. The largest absolute Gasteiger partial charge is 0.490 e. The van der Waals surface area contributed by atoms with Crippen molar-refractivity contribution in [3.8, 4) is 11.5 Å². The Morgan fingerprint density at radius 1 is 0.800 bits per heavy atom. The number of carbonyl (C=O) groups is 1. The summed E-state index contributed by atoms with van der Waals surface area (Å²) in [6, 6.07) is 21.3. The van der Waals surface area contributed by atoms with Gasteiger partial charge in [-0.1, -0.05) is 35.9 Å². The van der Waals surface area contributed by atoms with Crippen LogP contribution in [-0.4, -0.2) is 25.7 Å². The monoisotopic (exact) mass is 404 g/mol. The lowest BCUT2D eigenvalue weighted by molar-refractivity contribution is -0.114. The van der Waals surface area contributed by atoms with Crippen LogP contribution in [0.5, 0.6) is 11.5 Å². The van der Waals surface area contributed by atoms with Gasteiger partial charge < -0.3 is 20.1 Å². The second-order valence-corrected chi connectivity index (χ2v) is 7.21. The van der Waals surface area contributed by atoms with E-state index in [2.05, 4.69) is 29.7 Å². The zero-order valence-corrected chi connectivity index (χ0v) is 17.7. The molecule has 5 heteroatoms. The molecule has 0 aromatic heterocycles. The Kier molecular flexibility index (Phi) is 7.33. The minimum absolute atomic E-state index is 0.0801. The molecule has 3 aromatic carbocycles. The van der Waals surface area contributed by atoms with Crippen LogP contribution < -0.4 is 20.1 Å². The quantitative estimate of drug-likeness (QED) is 0.486. The molecule has 30 heavy (non-hydrogen) atoms. The molecule has 0 fully saturated rings. The van der Waals surface area contributed by atoms with Crippen molar-refractivity contribution < 1.29 is 14.3 Å². The van der Waals surface area contributed by atoms with Crippen LogP contribution in [0.2, 0.25) is 0 Å². The highest BCUT2D eigenvalue weighted by Crippen LogP contribution is 2.22. The lowest BCUT2D eigenvalue weighted by Gasteiger charge is -2.14. The lowest BCUT2D eigenvalue weighted by Crippen LogP contribution is -2.22. The van der Waals surface area contributed by atoms with Crippen molar-refractivity contribution in [2.24, 2.45) is 0 Å². The van der Waals surface area contributed by atoms with E-state index >= 15 is 0 Å². The molecule has 0 aliphatic heterocycles. The van der Waals surface area contributed by atoms with E-state index < -0.39 is 0 Å². The summed E-state index contributed by atoms with van der Waals surface area (Å²) in [4.78, 5) is 12.3. The van der Waals surface area contributed by atoms with Gasteiger partial charge in [-0.2, -0.15) is 0 Å². The smallest absolute Gasteiger partial charge is 0.243 e. The molecule has 1 amide bonds. The molecule has 156 valence electrons. The van der Waals surface area contributed by atoms with E-state index in [0.29, 0.717) is 13.2 Å². The molecule has 3 aromatic rings. The average Bonchev–Trinajstić information content (AvgIpc) is 2.74. The van der Waals surface area contributed by atoms with E-state index in [4.69, 9.17) is 9.47 Å². The molecule has 0 atom stereocenters. The minimum atomic E-state index is -0.0801. The fourth-order valence-electron chi connectivity index (χ4n) is 3.25. The van der Waals surface area contributed by atoms with Gasteiger partial charge >= 0.3 is 0 Å². The molecule has 0 unspecified atom stereocenters. The van der Waals surface area contributed by atoms with Crippen LogP contribution in [-0.2, 0) is 4.79 Å². The molecule has 0 aliphatic rings. The van der Waals surface area contributed by atoms with Gasteiger partial charge in [0.2, 0.25) is 5.91 Å². The van der Waals surface area contributed by atoms with Crippen molar-refractivity contribution in [3.05, 3.63) is 83.4 Å². The average molecular weight is 405 g/mol. The fourth-order valence-corrected chi connectivity index (χ4v) is 3.25. The molecule has 0 spiro atoms. The lowest BCUT2D eigenvalue weighted by atomic mass is 10.1. The Morgan fingerprint density at radius 3 is 1.97 bits per heavy atom. The molecule has 0 radical (unpaired) electrons. The molecule has 0 saturated carbocycles. The second kappa shape index (κ2) is 10.3. The third kappa shape index (κ3) is 6.27. The van der Waals surface area contributed by atoms with Gasteiger partial charge in [-0.05, 0) is 68.3 Å². The number of para-hydroxylation sites is 1. The van der Waals surface area contributed by atoms with E-state index in [1.54, 1.807) is 0 Å². The number of amides is 1. The summed E-state index contributed by atoms with van der Waals surface area (Å²) in [6.07, 6.45) is 0. The summed E-state index contributed by atoms with van der Waals surface area (Å²) in [5.74, 6) is 1.51. The summed E-state index contributed by atoms with van der Waals surface area (Å²) < 4.78 is 11.3. The van der Waals surface area contributed by atoms with Gasteiger partial charge in [0.25, 0.3) is 0 Å². The fraction of sp³-hybridized carbons (Fsp3) is 0.240. The molecular weight excluding hydrogens is 376 g/mol. The Labute approximate surface area is 178 Å². The highest BCUT2D eigenvalue weighted by atomic mass is 16.5. The van der Waals surface area contributed by atoms with Crippen LogP contribution in [0.4, 0.5) is 11.4 Å². The first-order chi connectivity index (χ1) is 14.5. The molecule has 0 bridgehead atoms. The topological polar surface area (TPSA) is 59.6 Å². The Hall–Kier alpha value is -3.47. The molecule has 0 saturated heterocycles. The van der Waals surface area contributed by atoms with Gasteiger partial charge in [0.15, 0.2) is 0 Å². The van der Waals surface area contributed by atoms with Crippen LogP contribution >= 0.6 is 0 Å². The minimum Gasteiger partial charge on any atom is -0.490 e. The zero-order valence-electron chi connectivity index (χ0n) is 17.7. The van der Waals surface area contributed by atoms with Gasteiger partial charge in [-0.15, -0.1) is 0 Å². The van der Waals surface area contributed by atoms with Gasteiger partial charge in [0.1, 0.15) is 24.7 Å². The van der Waals surface area contributed by atoms with Crippen molar-refractivity contribution in [2.45, 2.75) is 20.8 Å². The molecule has 5 nitrogen and oxygen atoms in total. The predicted octanol–water partition coefficient (Wildman–Crippen LogP) is 5.12. The first-order valence-corrected chi connectivity index (χ1v) is 10.0. The predicted molar refractivity (Wildman–Crippen MR) is 122 cm³/mol. The third-order valence-electron chi connectivity index (χ3n) is 4.61. The number of aryl methyl sites for hydroxylation is 3. The molecule has 2 N–H and O–H groups in total. The Balaban J connectivity index is 1.41. The maximum atomic E-state index is 12.3. The van der Waals surface area contributed by atoms with Gasteiger partial charge in [-0.25, -0.2) is 0 Å². The number of rotatable bonds is 9. The summed E-state index contributed by atoms with van der Waals surface area (Å²) in [5.41, 5.74) is 5.07. The van der Waals surface area contributed by atoms with Crippen molar-refractivity contribution >= 4 is 17.3 Å². The van der Waals surface area contributed by atoms with E-state index in [-0.39, 0.29) is 12.5 Å².